The van der Waals surface area contributed by atoms with Crippen LogP contribution in [-0.2, 0) is 0 Å². The van der Waals surface area contributed by atoms with E-state index in [1.165, 1.54) is 0 Å². The van der Waals surface area contributed by atoms with Crippen LogP contribution in [-0.4, -0.2) is 14.1 Å². The van der Waals surface area contributed by atoms with Crippen molar-refractivity contribution in [1.29, 1.82) is 15.8 Å². The molecule has 0 saturated heterocycles. The van der Waals surface area contributed by atoms with Crippen LogP contribution < -0.4 is 0 Å². The maximum atomic E-state index is 11.3. The van der Waals surface area contributed by atoms with E-state index in [4.69, 9.17) is 4.98 Å². The van der Waals surface area contributed by atoms with Gasteiger partial charge < -0.3 is 9.13 Å². The molecular formula is C51H30N6. The highest BCUT2D eigenvalue weighted by molar-refractivity contribution is 6.12. The van der Waals surface area contributed by atoms with Gasteiger partial charge in [0.25, 0.3) is 0 Å². The highest BCUT2D eigenvalue weighted by Crippen LogP contribution is 2.41. The van der Waals surface area contributed by atoms with Crippen molar-refractivity contribution >= 4 is 43.6 Å². The van der Waals surface area contributed by atoms with Crippen molar-refractivity contribution in [3.63, 3.8) is 0 Å². The van der Waals surface area contributed by atoms with Crippen LogP contribution in [0.15, 0.2) is 164 Å². The first-order valence-corrected chi connectivity index (χ1v) is 18.6. The number of nitrogens with zero attached hydrogens (tertiary/aromatic N) is 6. The number of aryl methyl sites for hydroxylation is 1. The Hall–Kier alpha value is -8.24. The minimum Gasteiger partial charge on any atom is -0.308 e. The lowest BCUT2D eigenvalue weighted by Crippen LogP contribution is -2.05. The van der Waals surface area contributed by atoms with Crippen LogP contribution in [0, 0.1) is 40.9 Å². The lowest BCUT2D eigenvalue weighted by atomic mass is 10.0. The van der Waals surface area contributed by atoms with E-state index in [1.54, 1.807) is 0 Å². The van der Waals surface area contributed by atoms with Gasteiger partial charge in [-0.3, -0.25) is 4.98 Å². The van der Waals surface area contributed by atoms with E-state index in [0.29, 0.717) is 16.7 Å². The monoisotopic (exact) mass is 726 g/mol. The van der Waals surface area contributed by atoms with Crippen LogP contribution in [0.3, 0.4) is 0 Å². The minimum absolute atomic E-state index is 0.522. The summed E-state index contributed by atoms with van der Waals surface area (Å²) in [6.07, 6.45) is 0. The Bertz CT molecular complexity index is 3220. The van der Waals surface area contributed by atoms with Crippen molar-refractivity contribution in [3.8, 4) is 63.1 Å². The fourth-order valence-electron chi connectivity index (χ4n) is 8.29. The number of pyridine rings is 1. The van der Waals surface area contributed by atoms with Crippen LogP contribution in [0.2, 0.25) is 0 Å². The Morgan fingerprint density at radius 3 is 1.37 bits per heavy atom. The van der Waals surface area contributed by atoms with E-state index >= 15 is 0 Å². The second kappa shape index (κ2) is 13.3. The lowest BCUT2D eigenvalue weighted by Gasteiger charge is -2.18. The molecule has 0 unspecified atom stereocenters. The average Bonchev–Trinajstić information content (AvgIpc) is 3.78. The Kier molecular flexibility index (Phi) is 7.75. The topological polar surface area (TPSA) is 94.1 Å². The zero-order valence-corrected chi connectivity index (χ0v) is 30.8. The van der Waals surface area contributed by atoms with Crippen molar-refractivity contribution < 1.29 is 0 Å². The molecule has 0 aliphatic heterocycles. The van der Waals surface area contributed by atoms with Gasteiger partial charge in [0.15, 0.2) is 0 Å². The SMILES string of the molecule is Cc1cccc(-c2cc(-n3c4ccccc4c4cc(-c5cccc(C#N)c5)ccc43)c(C#N)c(-n3c4ccccc4c4cc(-c5cccc(C#N)c5)ccc43)c2)n1. The van der Waals surface area contributed by atoms with E-state index in [2.05, 4.69) is 100 Å². The molecule has 0 N–H and O–H groups in total. The van der Waals surface area contributed by atoms with Gasteiger partial charge >= 0.3 is 0 Å². The third kappa shape index (κ3) is 5.43. The van der Waals surface area contributed by atoms with Gasteiger partial charge in [0.1, 0.15) is 11.6 Å². The molecule has 3 heterocycles. The molecule has 0 bridgehead atoms. The Labute approximate surface area is 328 Å². The van der Waals surface area contributed by atoms with Gasteiger partial charge in [-0.2, -0.15) is 15.8 Å². The Balaban J connectivity index is 1.28. The Morgan fingerprint density at radius 1 is 0.404 bits per heavy atom. The molecule has 0 amide bonds. The molecule has 57 heavy (non-hydrogen) atoms. The fraction of sp³-hybridized carbons (Fsp3) is 0.0196. The van der Waals surface area contributed by atoms with Gasteiger partial charge in [-0.1, -0.05) is 78.9 Å². The molecular weight excluding hydrogens is 697 g/mol. The van der Waals surface area contributed by atoms with Gasteiger partial charge in [-0.15, -0.1) is 0 Å². The van der Waals surface area contributed by atoms with Crippen molar-refractivity contribution in [2.75, 3.05) is 0 Å². The molecule has 0 aliphatic carbocycles. The quantitative estimate of drug-likeness (QED) is 0.176. The summed E-state index contributed by atoms with van der Waals surface area (Å²) >= 11 is 0. The molecule has 10 rings (SSSR count). The number of hydrogen-bond donors (Lipinski definition) is 0. The van der Waals surface area contributed by atoms with E-state index in [9.17, 15) is 15.8 Å². The van der Waals surface area contributed by atoms with Crippen LogP contribution in [0.5, 0.6) is 0 Å². The van der Waals surface area contributed by atoms with Gasteiger partial charge in [0.05, 0.1) is 62.4 Å². The van der Waals surface area contributed by atoms with Gasteiger partial charge in [0, 0.05) is 32.8 Å². The van der Waals surface area contributed by atoms with Crippen molar-refractivity contribution in [2.45, 2.75) is 6.92 Å². The molecule has 0 aliphatic rings. The van der Waals surface area contributed by atoms with Crippen molar-refractivity contribution in [3.05, 3.63) is 186 Å². The summed E-state index contributed by atoms with van der Waals surface area (Å²) in [6, 6.07) is 62.1. The lowest BCUT2D eigenvalue weighted by molar-refractivity contribution is 1.11. The molecule has 264 valence electrons. The number of nitriles is 3. The third-order valence-electron chi connectivity index (χ3n) is 10.9. The van der Waals surface area contributed by atoms with Crippen molar-refractivity contribution in [2.24, 2.45) is 0 Å². The standard InChI is InChI=1S/C51H30N6/c1-32-9-6-16-45(55-32)39-27-50(56-46-17-4-2-14-40(46)42-25-37(19-21-48(42)56)35-12-7-10-33(23-35)29-52)44(31-54)51(28-39)57-47-18-5-3-15-41(47)43-26-38(20-22-49(43)57)36-13-8-11-34(24-36)30-53/h2-28H,1H3. The number of rotatable bonds is 5. The maximum absolute atomic E-state index is 11.3. The Morgan fingerprint density at radius 2 is 0.877 bits per heavy atom. The van der Waals surface area contributed by atoms with Crippen LogP contribution in [0.1, 0.15) is 22.4 Å². The largest absolute Gasteiger partial charge is 0.308 e. The molecule has 6 heteroatoms. The molecule has 3 aromatic heterocycles. The average molecular weight is 727 g/mol. The highest BCUT2D eigenvalue weighted by atomic mass is 15.0. The summed E-state index contributed by atoms with van der Waals surface area (Å²) in [7, 11) is 0. The van der Waals surface area contributed by atoms with E-state index in [1.807, 2.05) is 97.9 Å². The van der Waals surface area contributed by atoms with Crippen LogP contribution in [0.25, 0.3) is 88.5 Å². The molecule has 10 aromatic rings. The molecule has 7 aromatic carbocycles. The molecule has 0 atom stereocenters. The summed E-state index contributed by atoms with van der Waals surface area (Å²) < 4.78 is 4.41. The molecule has 6 nitrogen and oxygen atoms in total. The van der Waals surface area contributed by atoms with Gasteiger partial charge in [0.2, 0.25) is 0 Å². The van der Waals surface area contributed by atoms with E-state index in [-0.39, 0.29) is 0 Å². The number of benzene rings is 7. The number of para-hydroxylation sites is 2. The third-order valence-corrected chi connectivity index (χ3v) is 10.9. The van der Waals surface area contributed by atoms with Gasteiger partial charge in [-0.25, -0.2) is 0 Å². The number of hydrogen-bond acceptors (Lipinski definition) is 4. The summed E-state index contributed by atoms with van der Waals surface area (Å²) in [5.41, 5.74) is 13.6. The fourth-order valence-corrected chi connectivity index (χ4v) is 8.29. The summed E-state index contributed by atoms with van der Waals surface area (Å²) in [5.74, 6) is 0. The smallest absolute Gasteiger partial charge is 0.104 e. The summed E-state index contributed by atoms with van der Waals surface area (Å²) in [5, 5.41) is 34.7. The second-order valence-electron chi connectivity index (χ2n) is 14.2. The highest BCUT2D eigenvalue weighted by Gasteiger charge is 2.23. The van der Waals surface area contributed by atoms with Gasteiger partial charge in [-0.05, 0) is 114 Å². The van der Waals surface area contributed by atoms with E-state index < -0.39 is 0 Å². The van der Waals surface area contributed by atoms with Crippen LogP contribution >= 0.6 is 0 Å². The molecule has 0 radical (unpaired) electrons. The number of aromatic nitrogens is 3. The zero-order chi connectivity index (χ0) is 38.6. The first-order valence-electron chi connectivity index (χ1n) is 18.6. The first kappa shape index (κ1) is 33.3. The summed E-state index contributed by atoms with van der Waals surface area (Å²) in [4.78, 5) is 4.96. The zero-order valence-electron chi connectivity index (χ0n) is 30.8. The number of fused-ring (bicyclic) bond motifs is 6. The molecule has 0 fully saturated rings. The van der Waals surface area contributed by atoms with Crippen molar-refractivity contribution in [1.82, 2.24) is 14.1 Å². The molecule has 0 saturated carbocycles. The molecule has 0 spiro atoms. The second-order valence-corrected chi connectivity index (χ2v) is 14.2. The summed E-state index contributed by atoms with van der Waals surface area (Å²) in [6.45, 7) is 1.99. The van der Waals surface area contributed by atoms with E-state index in [0.717, 1.165) is 94.2 Å². The maximum Gasteiger partial charge on any atom is 0.104 e. The predicted octanol–water partition coefficient (Wildman–Crippen LogP) is 12.2. The first-order chi connectivity index (χ1) is 28.0. The normalized spacial score (nSPS) is 11.2. The predicted molar refractivity (Wildman–Crippen MR) is 228 cm³/mol. The van der Waals surface area contributed by atoms with Crippen LogP contribution in [0.4, 0.5) is 0 Å². The minimum atomic E-state index is 0.522.